The molecule has 0 aliphatic rings. The van der Waals surface area contributed by atoms with Crippen LogP contribution in [0.25, 0.3) is 0 Å². The lowest BCUT2D eigenvalue weighted by atomic mass is 10.1. The highest BCUT2D eigenvalue weighted by atomic mass is 35.5. The van der Waals surface area contributed by atoms with E-state index in [0.717, 1.165) is 15.5 Å². The Bertz CT molecular complexity index is 473. The number of halogens is 1. The Kier molecular flexibility index (Phi) is 4.49. The third-order valence-corrected chi connectivity index (χ3v) is 4.01. The first-order valence-corrected chi connectivity index (χ1v) is 6.74. The van der Waals surface area contributed by atoms with Crippen molar-refractivity contribution in [2.45, 2.75) is 11.0 Å². The van der Waals surface area contributed by atoms with Gasteiger partial charge in [-0.2, -0.15) is 0 Å². The first-order valence-electron chi connectivity index (χ1n) is 5.37. The molecular formula is C14H13ClOS. The Hall–Kier alpha value is -0.960. The summed E-state index contributed by atoms with van der Waals surface area (Å²) in [5.74, 6) is 0.605. The Morgan fingerprint density at radius 1 is 1.00 bits per heavy atom. The van der Waals surface area contributed by atoms with Crippen molar-refractivity contribution in [3.05, 3.63) is 65.2 Å². The Labute approximate surface area is 110 Å². The van der Waals surface area contributed by atoms with Crippen molar-refractivity contribution in [1.82, 2.24) is 0 Å². The van der Waals surface area contributed by atoms with Crippen LogP contribution in [-0.4, -0.2) is 10.9 Å². The lowest BCUT2D eigenvalue weighted by Gasteiger charge is -2.11. The minimum absolute atomic E-state index is 0.461. The van der Waals surface area contributed by atoms with Crippen LogP contribution in [-0.2, 0) is 0 Å². The summed E-state index contributed by atoms with van der Waals surface area (Å²) in [5, 5.41) is 10.7. The molecule has 0 saturated carbocycles. The number of thioether (sulfide) groups is 1. The monoisotopic (exact) mass is 264 g/mol. The van der Waals surface area contributed by atoms with Gasteiger partial charge in [0.1, 0.15) is 0 Å². The van der Waals surface area contributed by atoms with Crippen molar-refractivity contribution in [2.75, 3.05) is 5.75 Å². The van der Waals surface area contributed by atoms with E-state index in [2.05, 4.69) is 0 Å². The minimum atomic E-state index is -0.461. The van der Waals surface area contributed by atoms with E-state index >= 15 is 0 Å². The lowest BCUT2D eigenvalue weighted by molar-refractivity contribution is 0.204. The summed E-state index contributed by atoms with van der Waals surface area (Å²) < 4.78 is 0. The van der Waals surface area contributed by atoms with Crippen LogP contribution in [0.4, 0.5) is 0 Å². The van der Waals surface area contributed by atoms with Gasteiger partial charge in [-0.25, -0.2) is 0 Å². The molecule has 1 atom stereocenters. The summed E-state index contributed by atoms with van der Waals surface area (Å²) in [6, 6.07) is 17.3. The van der Waals surface area contributed by atoms with Crippen molar-refractivity contribution in [2.24, 2.45) is 0 Å². The molecule has 3 heteroatoms. The van der Waals surface area contributed by atoms with Gasteiger partial charge >= 0.3 is 0 Å². The van der Waals surface area contributed by atoms with E-state index in [0.29, 0.717) is 5.75 Å². The molecule has 0 heterocycles. The first kappa shape index (κ1) is 12.5. The van der Waals surface area contributed by atoms with Crippen molar-refractivity contribution in [1.29, 1.82) is 0 Å². The predicted octanol–water partition coefficient (Wildman–Crippen LogP) is 4.17. The summed E-state index contributed by atoms with van der Waals surface area (Å²) in [7, 11) is 0. The molecule has 0 fully saturated rings. The molecule has 0 aromatic heterocycles. The standard InChI is InChI=1S/C14H13ClOS/c15-12-8-4-5-9-14(12)17-10-13(16)11-6-2-1-3-7-11/h1-9,13,16H,10H2. The fourth-order valence-electron chi connectivity index (χ4n) is 1.50. The van der Waals surface area contributed by atoms with Gasteiger partial charge < -0.3 is 5.11 Å². The van der Waals surface area contributed by atoms with Crippen LogP contribution in [0.5, 0.6) is 0 Å². The van der Waals surface area contributed by atoms with Gasteiger partial charge in [0, 0.05) is 10.6 Å². The third-order valence-electron chi connectivity index (χ3n) is 2.42. The van der Waals surface area contributed by atoms with Crippen LogP contribution in [0, 0.1) is 0 Å². The first-order chi connectivity index (χ1) is 8.27. The molecule has 0 aliphatic carbocycles. The maximum atomic E-state index is 10.0. The van der Waals surface area contributed by atoms with E-state index in [-0.39, 0.29) is 0 Å². The highest BCUT2D eigenvalue weighted by molar-refractivity contribution is 7.99. The van der Waals surface area contributed by atoms with E-state index in [1.807, 2.05) is 54.6 Å². The van der Waals surface area contributed by atoms with Crippen molar-refractivity contribution in [3.8, 4) is 0 Å². The molecule has 2 rings (SSSR count). The van der Waals surface area contributed by atoms with E-state index in [1.54, 1.807) is 11.8 Å². The molecule has 17 heavy (non-hydrogen) atoms. The number of aliphatic hydroxyl groups is 1. The van der Waals surface area contributed by atoms with Gasteiger partial charge in [0.2, 0.25) is 0 Å². The Morgan fingerprint density at radius 3 is 2.35 bits per heavy atom. The molecule has 88 valence electrons. The molecule has 0 aliphatic heterocycles. The number of aliphatic hydroxyl groups excluding tert-OH is 1. The maximum absolute atomic E-state index is 10.0. The average Bonchev–Trinajstić information content (AvgIpc) is 2.38. The van der Waals surface area contributed by atoms with E-state index in [9.17, 15) is 5.11 Å². The molecule has 2 aromatic rings. The van der Waals surface area contributed by atoms with E-state index < -0.39 is 6.10 Å². The third kappa shape index (κ3) is 3.50. The van der Waals surface area contributed by atoms with Crippen LogP contribution in [0.3, 0.4) is 0 Å². The van der Waals surface area contributed by atoms with Crippen LogP contribution in [0.15, 0.2) is 59.5 Å². The van der Waals surface area contributed by atoms with Gasteiger partial charge in [0.05, 0.1) is 11.1 Å². The second kappa shape index (κ2) is 6.10. The maximum Gasteiger partial charge on any atom is 0.0883 e. The highest BCUT2D eigenvalue weighted by Gasteiger charge is 2.08. The van der Waals surface area contributed by atoms with Crippen LogP contribution >= 0.6 is 23.4 Å². The van der Waals surface area contributed by atoms with Gasteiger partial charge in [0.25, 0.3) is 0 Å². The van der Waals surface area contributed by atoms with Gasteiger partial charge in [-0.1, -0.05) is 54.1 Å². The molecule has 0 spiro atoms. The molecular weight excluding hydrogens is 252 g/mol. The molecule has 1 nitrogen and oxygen atoms in total. The summed E-state index contributed by atoms with van der Waals surface area (Å²) >= 11 is 7.62. The molecule has 0 bridgehead atoms. The average molecular weight is 265 g/mol. The van der Waals surface area contributed by atoms with Gasteiger partial charge in [-0.3, -0.25) is 0 Å². The summed E-state index contributed by atoms with van der Waals surface area (Å²) in [4.78, 5) is 1.00. The predicted molar refractivity (Wildman–Crippen MR) is 73.6 cm³/mol. The van der Waals surface area contributed by atoms with Gasteiger partial charge in [0.15, 0.2) is 0 Å². The molecule has 0 amide bonds. The SMILES string of the molecule is OC(CSc1ccccc1Cl)c1ccccc1. The largest absolute Gasteiger partial charge is 0.388 e. The van der Waals surface area contributed by atoms with Crippen LogP contribution in [0.1, 0.15) is 11.7 Å². The number of hydrogen-bond donors (Lipinski definition) is 1. The fourth-order valence-corrected chi connectivity index (χ4v) is 2.71. The zero-order valence-electron chi connectivity index (χ0n) is 9.21. The quantitative estimate of drug-likeness (QED) is 0.837. The summed E-state index contributed by atoms with van der Waals surface area (Å²) in [6.07, 6.45) is -0.461. The van der Waals surface area contributed by atoms with Crippen molar-refractivity contribution < 1.29 is 5.11 Å². The second-order valence-corrected chi connectivity index (χ2v) is 5.14. The summed E-state index contributed by atoms with van der Waals surface area (Å²) in [5.41, 5.74) is 0.937. The second-order valence-electron chi connectivity index (χ2n) is 3.67. The zero-order valence-corrected chi connectivity index (χ0v) is 10.8. The smallest absolute Gasteiger partial charge is 0.0883 e. The van der Waals surface area contributed by atoms with Crippen LogP contribution in [0.2, 0.25) is 5.02 Å². The normalized spacial score (nSPS) is 12.4. The van der Waals surface area contributed by atoms with E-state index in [4.69, 9.17) is 11.6 Å². The summed E-state index contributed by atoms with van der Waals surface area (Å²) in [6.45, 7) is 0. The zero-order chi connectivity index (χ0) is 12.1. The van der Waals surface area contributed by atoms with Gasteiger partial charge in [-0.15, -0.1) is 11.8 Å². The minimum Gasteiger partial charge on any atom is -0.388 e. The molecule has 1 N–H and O–H groups in total. The Morgan fingerprint density at radius 2 is 1.65 bits per heavy atom. The Balaban J connectivity index is 1.97. The van der Waals surface area contributed by atoms with Crippen molar-refractivity contribution >= 4 is 23.4 Å². The number of hydrogen-bond acceptors (Lipinski definition) is 2. The highest BCUT2D eigenvalue weighted by Crippen LogP contribution is 2.29. The number of benzene rings is 2. The van der Waals surface area contributed by atoms with Gasteiger partial charge in [-0.05, 0) is 17.7 Å². The number of rotatable bonds is 4. The molecule has 0 saturated heterocycles. The van der Waals surface area contributed by atoms with Crippen LogP contribution < -0.4 is 0 Å². The fraction of sp³-hybridized carbons (Fsp3) is 0.143. The topological polar surface area (TPSA) is 20.2 Å². The molecule has 0 radical (unpaired) electrons. The van der Waals surface area contributed by atoms with Crippen molar-refractivity contribution in [3.63, 3.8) is 0 Å². The molecule has 2 aromatic carbocycles. The van der Waals surface area contributed by atoms with E-state index in [1.165, 1.54) is 0 Å². The lowest BCUT2D eigenvalue weighted by Crippen LogP contribution is -1.99. The molecule has 1 unspecified atom stereocenters.